The van der Waals surface area contributed by atoms with Crippen molar-refractivity contribution in [2.24, 2.45) is 0 Å². The first kappa shape index (κ1) is 12.7. The van der Waals surface area contributed by atoms with Crippen LogP contribution in [0.25, 0.3) is 0 Å². The van der Waals surface area contributed by atoms with Gasteiger partial charge in [0.25, 0.3) is 0 Å². The molecule has 0 saturated carbocycles. The van der Waals surface area contributed by atoms with Crippen molar-refractivity contribution in [3.63, 3.8) is 0 Å². The largest absolute Gasteiger partial charge is 0.384 e. The first-order chi connectivity index (χ1) is 9.31. The lowest BCUT2D eigenvalue weighted by Gasteiger charge is -2.36. The maximum Gasteiger partial charge on any atom is 0.123 e. The second-order valence-corrected chi connectivity index (χ2v) is 5.36. The van der Waals surface area contributed by atoms with Crippen molar-refractivity contribution < 1.29 is 4.74 Å². The Balaban J connectivity index is 1.50. The molecule has 1 aromatic rings. The molecule has 0 bridgehead atoms. The number of pyridine rings is 1. The van der Waals surface area contributed by atoms with E-state index in [0.29, 0.717) is 11.9 Å². The van der Waals surface area contributed by atoms with E-state index in [0.717, 1.165) is 39.3 Å². The Hall–Kier alpha value is -1.33. The van der Waals surface area contributed by atoms with Gasteiger partial charge < -0.3 is 15.4 Å². The highest BCUT2D eigenvalue weighted by atomic mass is 16.5. The van der Waals surface area contributed by atoms with Crippen molar-refractivity contribution in [1.29, 1.82) is 0 Å². The van der Waals surface area contributed by atoms with Crippen molar-refractivity contribution in [2.45, 2.75) is 18.9 Å². The summed E-state index contributed by atoms with van der Waals surface area (Å²) in [6.45, 7) is 6.35. The molecule has 0 radical (unpaired) electrons. The second-order valence-electron chi connectivity index (χ2n) is 5.36. The average molecular weight is 262 g/mol. The van der Waals surface area contributed by atoms with Crippen LogP contribution in [-0.4, -0.2) is 55.3 Å². The molecule has 2 saturated heterocycles. The van der Waals surface area contributed by atoms with E-state index < -0.39 is 0 Å². The smallest absolute Gasteiger partial charge is 0.123 e. The van der Waals surface area contributed by atoms with Gasteiger partial charge in [0.05, 0.1) is 18.0 Å². The molecule has 2 aliphatic heterocycles. The highest BCUT2D eigenvalue weighted by molar-refractivity contribution is 5.48. The van der Waals surface area contributed by atoms with Crippen LogP contribution < -0.4 is 10.6 Å². The summed E-state index contributed by atoms with van der Waals surface area (Å²) < 4.78 is 5.70. The van der Waals surface area contributed by atoms with Gasteiger partial charge in [0.2, 0.25) is 0 Å². The summed E-state index contributed by atoms with van der Waals surface area (Å²) in [4.78, 5) is 9.04. The minimum Gasteiger partial charge on any atom is -0.384 e. The monoisotopic (exact) mass is 262 g/mol. The Kier molecular flexibility index (Phi) is 3.84. The number of hydrogen-bond acceptors (Lipinski definition) is 5. The standard InChI is InChI=1S/C14H22N4O/c15-14-4-3-12(10-16-14)18-7-5-17(6-8-18)11-13-2-1-9-19-13/h3-4,10,13H,1-2,5-9,11H2,(H2,15,16). The number of ether oxygens (including phenoxy) is 1. The zero-order valence-corrected chi connectivity index (χ0v) is 11.3. The molecule has 0 aliphatic carbocycles. The molecule has 0 aromatic carbocycles. The molecule has 1 atom stereocenters. The number of aromatic nitrogens is 1. The molecule has 19 heavy (non-hydrogen) atoms. The van der Waals surface area contributed by atoms with E-state index in [1.54, 1.807) is 0 Å². The first-order valence-corrected chi connectivity index (χ1v) is 7.12. The summed E-state index contributed by atoms with van der Waals surface area (Å²) in [5, 5.41) is 0. The summed E-state index contributed by atoms with van der Waals surface area (Å²) in [6, 6.07) is 3.92. The van der Waals surface area contributed by atoms with Crippen LogP contribution in [0.5, 0.6) is 0 Å². The van der Waals surface area contributed by atoms with Gasteiger partial charge >= 0.3 is 0 Å². The van der Waals surface area contributed by atoms with E-state index in [2.05, 4.69) is 20.9 Å². The quantitative estimate of drug-likeness (QED) is 0.879. The Bertz CT molecular complexity index is 394. The molecule has 104 valence electrons. The minimum absolute atomic E-state index is 0.463. The minimum atomic E-state index is 0.463. The van der Waals surface area contributed by atoms with Gasteiger partial charge in [-0.3, -0.25) is 4.90 Å². The lowest BCUT2D eigenvalue weighted by molar-refractivity contribution is 0.0713. The number of nitrogens with zero attached hydrogens (tertiary/aromatic N) is 3. The van der Waals surface area contributed by atoms with Crippen molar-refractivity contribution in [1.82, 2.24) is 9.88 Å². The van der Waals surface area contributed by atoms with E-state index >= 15 is 0 Å². The van der Waals surface area contributed by atoms with Crippen LogP contribution in [0.2, 0.25) is 0 Å². The SMILES string of the molecule is Nc1ccc(N2CCN(CC3CCCO3)CC2)cn1. The Labute approximate surface area is 114 Å². The van der Waals surface area contributed by atoms with Gasteiger partial charge in [-0.15, -0.1) is 0 Å². The van der Waals surface area contributed by atoms with E-state index in [1.165, 1.54) is 18.5 Å². The number of piperazine rings is 1. The molecule has 3 heterocycles. The van der Waals surface area contributed by atoms with Crippen molar-refractivity contribution in [2.75, 3.05) is 50.0 Å². The lowest BCUT2D eigenvalue weighted by atomic mass is 10.2. The lowest BCUT2D eigenvalue weighted by Crippen LogP contribution is -2.48. The highest BCUT2D eigenvalue weighted by Crippen LogP contribution is 2.18. The number of hydrogen-bond donors (Lipinski definition) is 1. The Morgan fingerprint density at radius 1 is 1.26 bits per heavy atom. The predicted octanol–water partition coefficient (Wildman–Crippen LogP) is 0.965. The van der Waals surface area contributed by atoms with Crippen LogP contribution in [-0.2, 0) is 4.74 Å². The van der Waals surface area contributed by atoms with E-state index in [1.807, 2.05) is 12.3 Å². The van der Waals surface area contributed by atoms with Crippen LogP contribution in [0, 0.1) is 0 Å². The number of nitrogen functional groups attached to an aromatic ring is 1. The Morgan fingerprint density at radius 3 is 2.74 bits per heavy atom. The molecule has 2 aliphatic rings. The third-order valence-electron chi connectivity index (χ3n) is 3.99. The third kappa shape index (κ3) is 3.16. The summed E-state index contributed by atoms with van der Waals surface area (Å²) in [5.41, 5.74) is 6.79. The van der Waals surface area contributed by atoms with E-state index in [-0.39, 0.29) is 0 Å². The average Bonchev–Trinajstić information content (AvgIpc) is 2.94. The molecule has 2 fully saturated rings. The fraction of sp³-hybridized carbons (Fsp3) is 0.643. The summed E-state index contributed by atoms with van der Waals surface area (Å²) >= 11 is 0. The van der Waals surface area contributed by atoms with Gasteiger partial charge in [0.1, 0.15) is 5.82 Å². The van der Waals surface area contributed by atoms with Crippen molar-refractivity contribution in [3.05, 3.63) is 18.3 Å². The fourth-order valence-corrected chi connectivity index (χ4v) is 2.85. The van der Waals surface area contributed by atoms with Crippen molar-refractivity contribution >= 4 is 11.5 Å². The summed E-state index contributed by atoms with van der Waals surface area (Å²) in [7, 11) is 0. The van der Waals surface area contributed by atoms with Crippen LogP contribution >= 0.6 is 0 Å². The van der Waals surface area contributed by atoms with Gasteiger partial charge in [0.15, 0.2) is 0 Å². The maximum absolute atomic E-state index is 5.70. The third-order valence-corrected chi connectivity index (χ3v) is 3.99. The maximum atomic E-state index is 5.70. The number of anilines is 2. The van der Waals surface area contributed by atoms with Gasteiger partial charge in [0, 0.05) is 39.3 Å². The molecule has 1 unspecified atom stereocenters. The van der Waals surface area contributed by atoms with Crippen molar-refractivity contribution in [3.8, 4) is 0 Å². The number of rotatable bonds is 3. The van der Waals surface area contributed by atoms with E-state index in [4.69, 9.17) is 10.5 Å². The zero-order chi connectivity index (χ0) is 13.1. The summed E-state index contributed by atoms with van der Waals surface area (Å²) in [5.74, 6) is 0.584. The Morgan fingerprint density at radius 2 is 2.11 bits per heavy atom. The van der Waals surface area contributed by atoms with Gasteiger partial charge in [-0.1, -0.05) is 0 Å². The molecule has 3 rings (SSSR count). The molecular weight excluding hydrogens is 240 g/mol. The first-order valence-electron chi connectivity index (χ1n) is 7.12. The van der Waals surface area contributed by atoms with E-state index in [9.17, 15) is 0 Å². The molecular formula is C14H22N4O. The van der Waals surface area contributed by atoms with Crippen LogP contribution in [0.3, 0.4) is 0 Å². The molecule has 5 heteroatoms. The zero-order valence-electron chi connectivity index (χ0n) is 11.3. The number of nitrogens with two attached hydrogens (primary N) is 1. The van der Waals surface area contributed by atoms with Gasteiger partial charge in [-0.05, 0) is 25.0 Å². The van der Waals surface area contributed by atoms with Gasteiger partial charge in [-0.25, -0.2) is 4.98 Å². The van der Waals surface area contributed by atoms with Gasteiger partial charge in [-0.2, -0.15) is 0 Å². The predicted molar refractivity (Wildman–Crippen MR) is 76.3 cm³/mol. The molecule has 2 N–H and O–H groups in total. The second kappa shape index (κ2) is 5.75. The molecule has 0 spiro atoms. The van der Waals surface area contributed by atoms with Crippen LogP contribution in [0.15, 0.2) is 18.3 Å². The highest BCUT2D eigenvalue weighted by Gasteiger charge is 2.22. The van der Waals surface area contributed by atoms with Crippen LogP contribution in [0.1, 0.15) is 12.8 Å². The molecule has 1 aromatic heterocycles. The fourth-order valence-electron chi connectivity index (χ4n) is 2.85. The molecule has 0 amide bonds. The molecule has 5 nitrogen and oxygen atoms in total. The van der Waals surface area contributed by atoms with Crippen LogP contribution in [0.4, 0.5) is 11.5 Å². The topological polar surface area (TPSA) is 54.6 Å². The normalized spacial score (nSPS) is 24.8. The summed E-state index contributed by atoms with van der Waals surface area (Å²) in [6.07, 6.45) is 4.78.